The molecule has 0 atom stereocenters. The van der Waals surface area contributed by atoms with E-state index in [1.165, 1.54) is 18.9 Å². The lowest BCUT2D eigenvalue weighted by molar-refractivity contribution is -0.141. The molecule has 0 unspecified atom stereocenters. The normalized spacial score (nSPS) is 17.7. The van der Waals surface area contributed by atoms with E-state index in [1.807, 2.05) is 0 Å². The predicted molar refractivity (Wildman–Crippen MR) is 57.5 cm³/mol. The van der Waals surface area contributed by atoms with Crippen LogP contribution >= 0.6 is 11.8 Å². The van der Waals surface area contributed by atoms with Gasteiger partial charge in [0, 0.05) is 11.8 Å². The van der Waals surface area contributed by atoms with Crippen LogP contribution in [0.4, 0.5) is 0 Å². The number of aliphatic carboxylic acids is 1. The maximum absolute atomic E-state index is 11.1. The number of hydrogen-bond donors (Lipinski definition) is 1. The second kappa shape index (κ2) is 5.21. The van der Waals surface area contributed by atoms with Gasteiger partial charge < -0.3 is 9.84 Å². The molecule has 0 aromatic carbocycles. The van der Waals surface area contributed by atoms with Gasteiger partial charge in [0.2, 0.25) is 0 Å². The molecule has 1 N–H and O–H groups in total. The smallest absolute Gasteiger partial charge is 0.328 e. The molecule has 0 spiro atoms. The molecule has 1 rings (SSSR count). The van der Waals surface area contributed by atoms with E-state index in [9.17, 15) is 9.59 Å². The molecule has 1 aliphatic rings. The second-order valence-corrected chi connectivity index (χ2v) is 4.60. The van der Waals surface area contributed by atoms with Crippen LogP contribution in [0.1, 0.15) is 19.3 Å². The molecular weight excluding hydrogens is 216 g/mol. The van der Waals surface area contributed by atoms with Crippen molar-refractivity contribution in [1.82, 2.24) is 0 Å². The number of carbonyl (C=O) groups excluding carboxylic acids is 1. The van der Waals surface area contributed by atoms with Gasteiger partial charge in [0.25, 0.3) is 0 Å². The topological polar surface area (TPSA) is 63.6 Å². The molecule has 84 valence electrons. The van der Waals surface area contributed by atoms with Crippen molar-refractivity contribution in [3.8, 4) is 0 Å². The first kappa shape index (κ1) is 12.1. The van der Waals surface area contributed by atoms with Gasteiger partial charge in [0.05, 0.1) is 13.5 Å². The SMILES string of the molecule is COC(=O)CC1(CS/C=C/C(=O)O)CC1. The van der Waals surface area contributed by atoms with Crippen molar-refractivity contribution in [1.29, 1.82) is 0 Å². The van der Waals surface area contributed by atoms with Crippen LogP contribution in [0.5, 0.6) is 0 Å². The summed E-state index contributed by atoms with van der Waals surface area (Å²) in [6, 6.07) is 0. The Morgan fingerprint density at radius 1 is 1.53 bits per heavy atom. The van der Waals surface area contributed by atoms with E-state index in [4.69, 9.17) is 5.11 Å². The van der Waals surface area contributed by atoms with Crippen LogP contribution in [0.2, 0.25) is 0 Å². The molecule has 0 radical (unpaired) electrons. The van der Waals surface area contributed by atoms with Gasteiger partial charge in [-0.2, -0.15) is 0 Å². The fourth-order valence-corrected chi connectivity index (χ4v) is 2.31. The third-order valence-electron chi connectivity index (χ3n) is 2.40. The van der Waals surface area contributed by atoms with Crippen molar-refractivity contribution >= 4 is 23.7 Å². The van der Waals surface area contributed by atoms with Gasteiger partial charge >= 0.3 is 11.9 Å². The highest BCUT2D eigenvalue weighted by Gasteiger charge is 2.44. The molecule has 4 nitrogen and oxygen atoms in total. The lowest BCUT2D eigenvalue weighted by Gasteiger charge is -2.10. The second-order valence-electron chi connectivity index (χ2n) is 3.70. The maximum Gasteiger partial charge on any atom is 0.328 e. The van der Waals surface area contributed by atoms with Crippen LogP contribution in [0, 0.1) is 5.41 Å². The first-order valence-electron chi connectivity index (χ1n) is 4.66. The average Bonchev–Trinajstić information content (AvgIpc) is 2.93. The zero-order valence-electron chi connectivity index (χ0n) is 8.56. The van der Waals surface area contributed by atoms with E-state index < -0.39 is 5.97 Å². The molecule has 1 fully saturated rings. The lowest BCUT2D eigenvalue weighted by Crippen LogP contribution is -2.12. The molecule has 0 saturated heterocycles. The number of hydrogen-bond acceptors (Lipinski definition) is 4. The average molecular weight is 230 g/mol. The van der Waals surface area contributed by atoms with Gasteiger partial charge in [-0.15, -0.1) is 11.8 Å². The molecule has 15 heavy (non-hydrogen) atoms. The first-order chi connectivity index (χ1) is 7.08. The van der Waals surface area contributed by atoms with Crippen molar-refractivity contribution in [2.24, 2.45) is 5.41 Å². The third kappa shape index (κ3) is 4.38. The van der Waals surface area contributed by atoms with Gasteiger partial charge in [0.1, 0.15) is 0 Å². The summed E-state index contributed by atoms with van der Waals surface area (Å²) in [5.41, 5.74) is 0.0562. The van der Waals surface area contributed by atoms with Crippen LogP contribution in [-0.2, 0) is 14.3 Å². The lowest BCUT2D eigenvalue weighted by atomic mass is 10.1. The molecule has 0 bridgehead atoms. The number of carboxylic acid groups (broad SMARTS) is 1. The minimum atomic E-state index is -0.944. The van der Waals surface area contributed by atoms with Gasteiger partial charge in [-0.05, 0) is 23.7 Å². The standard InChI is InChI=1S/C10H14O4S/c1-14-9(13)6-10(3-4-10)7-15-5-2-8(11)12/h2,5H,3-4,6-7H2,1H3,(H,11,12)/b5-2+. The van der Waals surface area contributed by atoms with E-state index in [1.54, 1.807) is 5.41 Å². The van der Waals surface area contributed by atoms with Gasteiger partial charge in [-0.3, -0.25) is 4.79 Å². The minimum Gasteiger partial charge on any atom is -0.478 e. The molecule has 0 aromatic heterocycles. The maximum atomic E-state index is 11.1. The van der Waals surface area contributed by atoms with Gasteiger partial charge in [-0.25, -0.2) is 4.79 Å². The molecule has 0 aliphatic heterocycles. The number of carboxylic acids is 1. The number of esters is 1. The molecule has 1 saturated carbocycles. The third-order valence-corrected chi connectivity index (χ3v) is 3.51. The van der Waals surface area contributed by atoms with Gasteiger partial charge in [0.15, 0.2) is 0 Å². The van der Waals surface area contributed by atoms with Crippen LogP contribution in [0.25, 0.3) is 0 Å². The Kier molecular flexibility index (Phi) is 4.20. The van der Waals surface area contributed by atoms with E-state index in [0.29, 0.717) is 6.42 Å². The van der Waals surface area contributed by atoms with Crippen molar-refractivity contribution < 1.29 is 19.4 Å². The molecule has 0 heterocycles. The van der Waals surface area contributed by atoms with Gasteiger partial charge in [-0.1, -0.05) is 0 Å². The monoisotopic (exact) mass is 230 g/mol. The largest absolute Gasteiger partial charge is 0.478 e. The summed E-state index contributed by atoms with van der Waals surface area (Å²) < 4.78 is 4.61. The highest BCUT2D eigenvalue weighted by molar-refractivity contribution is 8.02. The fraction of sp³-hybridized carbons (Fsp3) is 0.600. The van der Waals surface area contributed by atoms with Crippen LogP contribution < -0.4 is 0 Å². The zero-order valence-corrected chi connectivity index (χ0v) is 9.38. The van der Waals surface area contributed by atoms with E-state index in [-0.39, 0.29) is 11.4 Å². The van der Waals surface area contributed by atoms with Crippen LogP contribution in [0.15, 0.2) is 11.5 Å². The molecule has 5 heteroatoms. The summed E-state index contributed by atoms with van der Waals surface area (Å²) in [4.78, 5) is 21.3. The Labute approximate surface area is 92.7 Å². The van der Waals surface area contributed by atoms with Crippen LogP contribution in [0.3, 0.4) is 0 Å². The molecule has 1 aliphatic carbocycles. The summed E-state index contributed by atoms with van der Waals surface area (Å²) in [6.45, 7) is 0. The summed E-state index contributed by atoms with van der Waals surface area (Å²) in [6.07, 6.45) is 3.60. The van der Waals surface area contributed by atoms with Crippen LogP contribution in [-0.4, -0.2) is 29.9 Å². The number of thioether (sulfide) groups is 1. The predicted octanol–water partition coefficient (Wildman–Crippen LogP) is 1.66. The highest BCUT2D eigenvalue weighted by Crippen LogP contribution is 2.51. The van der Waals surface area contributed by atoms with E-state index >= 15 is 0 Å². The highest BCUT2D eigenvalue weighted by atomic mass is 32.2. The molecule has 0 aromatic rings. The summed E-state index contributed by atoms with van der Waals surface area (Å²) in [5.74, 6) is -0.345. The quantitative estimate of drug-likeness (QED) is 0.555. The number of rotatable bonds is 6. The fourth-order valence-electron chi connectivity index (χ4n) is 1.26. The van der Waals surface area contributed by atoms with E-state index in [2.05, 4.69) is 4.74 Å². The summed E-state index contributed by atoms with van der Waals surface area (Å²) >= 11 is 1.43. The molecule has 0 amide bonds. The van der Waals surface area contributed by atoms with Crippen molar-refractivity contribution in [3.63, 3.8) is 0 Å². The Morgan fingerprint density at radius 3 is 2.67 bits per heavy atom. The Morgan fingerprint density at radius 2 is 2.20 bits per heavy atom. The minimum absolute atomic E-state index is 0.0562. The van der Waals surface area contributed by atoms with Crippen molar-refractivity contribution in [3.05, 3.63) is 11.5 Å². The number of carbonyl (C=O) groups is 2. The van der Waals surface area contributed by atoms with Crippen molar-refractivity contribution in [2.45, 2.75) is 19.3 Å². The number of ether oxygens (including phenoxy) is 1. The first-order valence-corrected chi connectivity index (χ1v) is 5.71. The zero-order chi connectivity index (χ0) is 11.3. The number of methoxy groups -OCH3 is 1. The Balaban J connectivity index is 2.26. The summed E-state index contributed by atoms with van der Waals surface area (Å²) in [7, 11) is 1.38. The summed E-state index contributed by atoms with van der Waals surface area (Å²) in [5, 5.41) is 9.92. The Bertz CT molecular complexity index is 281. The van der Waals surface area contributed by atoms with E-state index in [0.717, 1.165) is 24.7 Å². The van der Waals surface area contributed by atoms with Crippen molar-refractivity contribution in [2.75, 3.05) is 12.9 Å². The Hall–Kier alpha value is -0.970. The molecular formula is C10H14O4S.